The van der Waals surface area contributed by atoms with Gasteiger partial charge in [0, 0.05) is 30.5 Å². The first-order valence-electron chi connectivity index (χ1n) is 6.37. The van der Waals surface area contributed by atoms with Gasteiger partial charge in [0.25, 0.3) is 0 Å². The molecule has 3 rings (SSSR count). The highest BCUT2D eigenvalue weighted by molar-refractivity contribution is 6.31. The van der Waals surface area contributed by atoms with E-state index in [0.29, 0.717) is 0 Å². The van der Waals surface area contributed by atoms with Crippen LogP contribution in [0.15, 0.2) is 12.1 Å². The molecule has 2 aliphatic rings. The van der Waals surface area contributed by atoms with Gasteiger partial charge in [-0.2, -0.15) is 0 Å². The summed E-state index contributed by atoms with van der Waals surface area (Å²) in [6.07, 6.45) is 2.27. The topological polar surface area (TPSA) is 30.5 Å². The van der Waals surface area contributed by atoms with Crippen LogP contribution in [0.3, 0.4) is 0 Å². The van der Waals surface area contributed by atoms with Crippen LogP contribution in [0.2, 0.25) is 5.02 Å². The van der Waals surface area contributed by atoms with E-state index in [1.54, 1.807) is 0 Å². The monoisotopic (exact) mass is 267 g/mol. The molecule has 18 heavy (non-hydrogen) atoms. The van der Waals surface area contributed by atoms with Gasteiger partial charge in [-0.15, -0.1) is 0 Å². The lowest BCUT2D eigenvalue weighted by Crippen LogP contribution is -2.33. The van der Waals surface area contributed by atoms with Gasteiger partial charge < -0.3 is 14.8 Å². The fraction of sp³-hybridized carbons (Fsp3) is 0.571. The van der Waals surface area contributed by atoms with Crippen molar-refractivity contribution in [2.75, 3.05) is 6.54 Å². The van der Waals surface area contributed by atoms with E-state index in [-0.39, 0.29) is 5.54 Å². The summed E-state index contributed by atoms with van der Waals surface area (Å²) in [6.45, 7) is 7.02. The Labute approximate surface area is 112 Å². The molecule has 1 unspecified atom stereocenters. The molecule has 2 heterocycles. The minimum Gasteiger partial charge on any atom is -0.449 e. The molecule has 1 N–H and O–H groups in total. The molecule has 1 saturated heterocycles. The fourth-order valence-corrected chi connectivity index (χ4v) is 3.15. The van der Waals surface area contributed by atoms with Gasteiger partial charge in [0.15, 0.2) is 11.5 Å². The normalized spacial score (nSPS) is 28.7. The zero-order valence-electron chi connectivity index (χ0n) is 11.0. The number of benzene rings is 1. The van der Waals surface area contributed by atoms with Crippen LogP contribution in [0.5, 0.6) is 11.5 Å². The van der Waals surface area contributed by atoms with Crippen molar-refractivity contribution in [3.05, 3.63) is 22.7 Å². The van der Waals surface area contributed by atoms with E-state index in [9.17, 15) is 0 Å². The van der Waals surface area contributed by atoms with Crippen LogP contribution in [0.1, 0.15) is 39.2 Å². The van der Waals surface area contributed by atoms with Gasteiger partial charge in [-0.05, 0) is 37.9 Å². The molecule has 0 aliphatic carbocycles. The molecule has 1 aromatic carbocycles. The predicted octanol–water partition coefficient (Wildman–Crippen LogP) is 3.45. The highest BCUT2D eigenvalue weighted by atomic mass is 35.5. The van der Waals surface area contributed by atoms with Crippen LogP contribution < -0.4 is 14.8 Å². The first-order valence-corrected chi connectivity index (χ1v) is 6.75. The van der Waals surface area contributed by atoms with Gasteiger partial charge in [-0.1, -0.05) is 11.6 Å². The predicted molar refractivity (Wildman–Crippen MR) is 71.4 cm³/mol. The third kappa shape index (κ3) is 1.86. The summed E-state index contributed by atoms with van der Waals surface area (Å²) in [5.41, 5.74) is 1.05. The number of rotatable bonds is 1. The number of hydrogen-bond donors (Lipinski definition) is 1. The van der Waals surface area contributed by atoms with E-state index in [1.165, 1.54) is 6.42 Å². The maximum atomic E-state index is 6.40. The van der Waals surface area contributed by atoms with Crippen LogP contribution in [-0.4, -0.2) is 12.3 Å². The third-order valence-electron chi connectivity index (χ3n) is 3.71. The summed E-state index contributed by atoms with van der Waals surface area (Å²) in [4.78, 5) is 0. The number of fused-ring (bicyclic) bond motifs is 1. The maximum Gasteiger partial charge on any atom is 0.246 e. The van der Waals surface area contributed by atoms with Gasteiger partial charge in [-0.25, -0.2) is 0 Å². The van der Waals surface area contributed by atoms with Crippen molar-refractivity contribution in [2.24, 2.45) is 0 Å². The van der Waals surface area contributed by atoms with Gasteiger partial charge in [0.2, 0.25) is 5.79 Å². The van der Waals surface area contributed by atoms with E-state index in [1.807, 2.05) is 26.0 Å². The minimum atomic E-state index is -0.603. The Morgan fingerprint density at radius 3 is 2.44 bits per heavy atom. The summed E-state index contributed by atoms with van der Waals surface area (Å²) in [5, 5.41) is 4.26. The van der Waals surface area contributed by atoms with Crippen molar-refractivity contribution < 1.29 is 9.47 Å². The SMILES string of the molecule is CC1(C)Oc2cc(Cl)c(C3(C)CCCN3)cc2O1. The van der Waals surface area contributed by atoms with E-state index in [2.05, 4.69) is 12.2 Å². The Bertz CT molecular complexity index is 493. The lowest BCUT2D eigenvalue weighted by atomic mass is 9.90. The Kier molecular flexibility index (Phi) is 2.55. The zero-order valence-corrected chi connectivity index (χ0v) is 11.7. The molecule has 0 spiro atoms. The van der Waals surface area contributed by atoms with Gasteiger partial charge in [-0.3, -0.25) is 0 Å². The van der Waals surface area contributed by atoms with Crippen LogP contribution in [0.4, 0.5) is 0 Å². The van der Waals surface area contributed by atoms with Gasteiger partial charge in [0.05, 0.1) is 0 Å². The molecule has 0 saturated carbocycles. The van der Waals surface area contributed by atoms with Crippen molar-refractivity contribution in [1.29, 1.82) is 0 Å². The fourth-order valence-electron chi connectivity index (χ4n) is 2.79. The average molecular weight is 268 g/mol. The first kappa shape index (κ1) is 12.1. The number of ether oxygens (including phenoxy) is 2. The molecule has 1 aromatic rings. The molecule has 0 bridgehead atoms. The number of halogens is 1. The molecule has 0 amide bonds. The summed E-state index contributed by atoms with van der Waals surface area (Å²) >= 11 is 6.40. The van der Waals surface area contributed by atoms with Crippen molar-refractivity contribution in [2.45, 2.75) is 44.9 Å². The Hall–Kier alpha value is -0.930. The van der Waals surface area contributed by atoms with Crippen LogP contribution in [-0.2, 0) is 5.54 Å². The molecule has 1 fully saturated rings. The lowest BCUT2D eigenvalue weighted by Gasteiger charge is -2.26. The van der Waals surface area contributed by atoms with Crippen molar-refractivity contribution >= 4 is 11.6 Å². The Balaban J connectivity index is 2.04. The molecule has 2 aliphatic heterocycles. The quantitative estimate of drug-likeness (QED) is 0.845. The molecular weight excluding hydrogens is 250 g/mol. The van der Waals surface area contributed by atoms with Crippen LogP contribution >= 0.6 is 11.6 Å². The largest absolute Gasteiger partial charge is 0.449 e. The average Bonchev–Trinajstić information content (AvgIpc) is 2.80. The van der Waals surface area contributed by atoms with Crippen molar-refractivity contribution in [3.63, 3.8) is 0 Å². The second-order valence-electron chi connectivity index (χ2n) is 5.75. The Morgan fingerprint density at radius 2 is 1.83 bits per heavy atom. The van der Waals surface area contributed by atoms with E-state index < -0.39 is 5.79 Å². The first-order chi connectivity index (χ1) is 8.40. The molecule has 98 valence electrons. The summed E-state index contributed by atoms with van der Waals surface area (Å²) in [5.74, 6) is 0.915. The van der Waals surface area contributed by atoms with Crippen molar-refractivity contribution in [1.82, 2.24) is 5.32 Å². The molecular formula is C14H18ClNO2. The highest BCUT2D eigenvalue weighted by Gasteiger charge is 2.37. The van der Waals surface area contributed by atoms with Gasteiger partial charge in [0.1, 0.15) is 0 Å². The number of hydrogen-bond acceptors (Lipinski definition) is 3. The lowest BCUT2D eigenvalue weighted by molar-refractivity contribution is -0.0431. The summed E-state index contributed by atoms with van der Waals surface area (Å²) in [6, 6.07) is 3.89. The Morgan fingerprint density at radius 1 is 1.17 bits per heavy atom. The van der Waals surface area contributed by atoms with E-state index >= 15 is 0 Å². The highest BCUT2D eigenvalue weighted by Crippen LogP contribution is 2.46. The van der Waals surface area contributed by atoms with E-state index in [0.717, 1.165) is 35.1 Å². The van der Waals surface area contributed by atoms with E-state index in [4.69, 9.17) is 21.1 Å². The molecule has 0 aromatic heterocycles. The molecule has 4 heteroatoms. The van der Waals surface area contributed by atoms with Crippen LogP contribution in [0, 0.1) is 0 Å². The second kappa shape index (κ2) is 3.78. The summed E-state index contributed by atoms with van der Waals surface area (Å²) in [7, 11) is 0. The number of nitrogens with one attached hydrogen (secondary N) is 1. The second-order valence-corrected chi connectivity index (χ2v) is 6.15. The van der Waals surface area contributed by atoms with Crippen LogP contribution in [0.25, 0.3) is 0 Å². The summed E-state index contributed by atoms with van der Waals surface area (Å²) < 4.78 is 11.5. The van der Waals surface area contributed by atoms with Crippen molar-refractivity contribution in [3.8, 4) is 11.5 Å². The van der Waals surface area contributed by atoms with Gasteiger partial charge >= 0.3 is 0 Å². The minimum absolute atomic E-state index is 0.0534. The third-order valence-corrected chi connectivity index (χ3v) is 4.02. The molecule has 3 nitrogen and oxygen atoms in total. The standard InChI is InChI=1S/C14H18ClNO2/c1-13(2)17-11-7-9(10(15)8-12(11)18-13)14(3)5-4-6-16-14/h7-8,16H,4-6H2,1-3H3. The molecule has 0 radical (unpaired) electrons. The maximum absolute atomic E-state index is 6.40. The smallest absolute Gasteiger partial charge is 0.246 e. The molecule has 1 atom stereocenters. The zero-order chi connectivity index (χ0) is 13.0.